The number of carbonyl (C=O) groups is 2. The van der Waals surface area contributed by atoms with Crippen molar-refractivity contribution >= 4 is 39.9 Å². The van der Waals surface area contributed by atoms with E-state index in [4.69, 9.17) is 16.3 Å². The van der Waals surface area contributed by atoms with Crippen molar-refractivity contribution in [1.82, 2.24) is 15.5 Å². The third kappa shape index (κ3) is 5.55. The molecule has 2 N–H and O–H groups in total. The fourth-order valence-electron chi connectivity index (χ4n) is 1.78. The summed E-state index contributed by atoms with van der Waals surface area (Å²) < 4.78 is 5.00. The Kier molecular flexibility index (Phi) is 7.10. The van der Waals surface area contributed by atoms with Gasteiger partial charge in [-0.1, -0.05) is 35.1 Å². The molecule has 1 heterocycles. The summed E-state index contributed by atoms with van der Waals surface area (Å²) in [5.74, 6) is -0.512. The van der Waals surface area contributed by atoms with Crippen LogP contribution in [0.5, 0.6) is 0 Å². The van der Waals surface area contributed by atoms with Gasteiger partial charge in [-0.3, -0.25) is 14.9 Å². The van der Waals surface area contributed by atoms with Crippen LogP contribution in [-0.4, -0.2) is 41.8 Å². The Hall–Kier alpha value is -2.03. The highest BCUT2D eigenvalue weighted by atomic mass is 35.5. The number of benzene rings is 1. The van der Waals surface area contributed by atoms with E-state index in [0.29, 0.717) is 40.3 Å². The summed E-state index contributed by atoms with van der Waals surface area (Å²) in [6.45, 7) is 2.66. The van der Waals surface area contributed by atoms with Gasteiger partial charge >= 0.3 is 0 Å². The van der Waals surface area contributed by atoms with Crippen LogP contribution < -0.4 is 10.6 Å². The number of rotatable bonds is 8. The molecular weight excluding hydrogens is 352 g/mol. The molecule has 0 atom stereocenters. The lowest BCUT2D eigenvalue weighted by Gasteiger charge is -2.05. The van der Waals surface area contributed by atoms with Crippen molar-refractivity contribution in [1.29, 1.82) is 0 Å². The highest BCUT2D eigenvalue weighted by Crippen LogP contribution is 2.16. The Morgan fingerprint density at radius 2 is 2.08 bits per heavy atom. The zero-order chi connectivity index (χ0) is 17.4. The second-order valence-electron chi connectivity index (χ2n) is 4.67. The summed E-state index contributed by atoms with van der Waals surface area (Å²) in [5, 5.41) is 14.8. The first kappa shape index (κ1) is 18.3. The van der Waals surface area contributed by atoms with E-state index in [2.05, 4.69) is 20.8 Å². The first-order valence-corrected chi connectivity index (χ1v) is 8.52. The Morgan fingerprint density at radius 3 is 2.83 bits per heavy atom. The van der Waals surface area contributed by atoms with E-state index in [1.165, 1.54) is 11.3 Å². The maximum absolute atomic E-state index is 12.0. The summed E-state index contributed by atoms with van der Waals surface area (Å²) in [6, 6.07) is 6.84. The Labute approximate surface area is 148 Å². The van der Waals surface area contributed by atoms with Crippen molar-refractivity contribution in [2.45, 2.75) is 13.3 Å². The number of hydrogen-bond donors (Lipinski definition) is 2. The van der Waals surface area contributed by atoms with E-state index in [9.17, 15) is 9.59 Å². The van der Waals surface area contributed by atoms with Gasteiger partial charge in [-0.05, 0) is 19.1 Å². The van der Waals surface area contributed by atoms with Crippen molar-refractivity contribution in [3.05, 3.63) is 39.9 Å². The van der Waals surface area contributed by atoms with Crippen LogP contribution in [0.1, 0.15) is 22.3 Å². The largest absolute Gasteiger partial charge is 0.372 e. The molecule has 9 heteroatoms. The molecule has 128 valence electrons. The zero-order valence-electron chi connectivity index (χ0n) is 13.0. The van der Waals surface area contributed by atoms with Crippen LogP contribution in [0.15, 0.2) is 24.3 Å². The summed E-state index contributed by atoms with van der Waals surface area (Å²) in [6.07, 6.45) is 0.509. The van der Waals surface area contributed by atoms with Crippen LogP contribution in [0.3, 0.4) is 0 Å². The second kappa shape index (κ2) is 9.31. The van der Waals surface area contributed by atoms with Gasteiger partial charge in [-0.2, -0.15) is 0 Å². The van der Waals surface area contributed by atoms with Gasteiger partial charge in [0.15, 0.2) is 0 Å². The van der Waals surface area contributed by atoms with Crippen molar-refractivity contribution < 1.29 is 14.3 Å². The number of ether oxygens (including phenoxy) is 1. The molecule has 1 aromatic carbocycles. The maximum atomic E-state index is 12.0. The average Bonchev–Trinajstić information content (AvgIpc) is 3.00. The van der Waals surface area contributed by atoms with Crippen LogP contribution in [0.25, 0.3) is 0 Å². The minimum absolute atomic E-state index is 0.0146. The predicted molar refractivity (Wildman–Crippen MR) is 92.5 cm³/mol. The van der Waals surface area contributed by atoms with Gasteiger partial charge in [0.2, 0.25) is 5.13 Å². The summed E-state index contributed by atoms with van der Waals surface area (Å²) in [7, 11) is 0. The number of carbonyl (C=O) groups excluding carboxylic acids is 2. The van der Waals surface area contributed by atoms with Crippen molar-refractivity contribution in [2.75, 3.05) is 25.1 Å². The van der Waals surface area contributed by atoms with Gasteiger partial charge < -0.3 is 10.1 Å². The topological polar surface area (TPSA) is 93.2 Å². The van der Waals surface area contributed by atoms with Gasteiger partial charge in [0, 0.05) is 19.6 Å². The molecule has 1 aromatic heterocycles. The SMILES string of the molecule is CCOCC(=O)Nc1nnc(CCNC(=O)c2ccccc2Cl)s1. The molecule has 0 aliphatic rings. The lowest BCUT2D eigenvalue weighted by atomic mass is 10.2. The number of aromatic nitrogens is 2. The number of nitrogens with zero attached hydrogens (tertiary/aromatic N) is 2. The van der Waals surface area contributed by atoms with Crippen molar-refractivity contribution in [3.8, 4) is 0 Å². The minimum atomic E-state index is -0.272. The lowest BCUT2D eigenvalue weighted by Crippen LogP contribution is -2.25. The van der Waals surface area contributed by atoms with Gasteiger partial charge in [0.25, 0.3) is 11.8 Å². The summed E-state index contributed by atoms with van der Waals surface area (Å²) >= 11 is 7.23. The fourth-order valence-corrected chi connectivity index (χ4v) is 2.76. The molecular formula is C15H17ClN4O3S. The molecule has 0 bridgehead atoms. The maximum Gasteiger partial charge on any atom is 0.252 e. The highest BCUT2D eigenvalue weighted by molar-refractivity contribution is 7.15. The molecule has 0 fully saturated rings. The molecule has 0 unspecified atom stereocenters. The van der Waals surface area contributed by atoms with Crippen LogP contribution >= 0.6 is 22.9 Å². The minimum Gasteiger partial charge on any atom is -0.372 e. The number of anilines is 1. The van der Waals surface area contributed by atoms with E-state index in [1.807, 2.05) is 6.92 Å². The fraction of sp³-hybridized carbons (Fsp3) is 0.333. The molecule has 0 saturated heterocycles. The standard InChI is InChI=1S/C15H17ClN4O3S/c1-2-23-9-12(21)18-15-20-19-13(24-15)7-8-17-14(22)10-5-3-4-6-11(10)16/h3-6H,2,7-9H2,1H3,(H,17,22)(H,18,20,21). The lowest BCUT2D eigenvalue weighted by molar-refractivity contribution is -0.120. The van der Waals surface area contributed by atoms with E-state index < -0.39 is 0 Å². The second-order valence-corrected chi connectivity index (χ2v) is 6.14. The molecule has 0 aliphatic heterocycles. The van der Waals surface area contributed by atoms with Gasteiger partial charge in [-0.25, -0.2) is 0 Å². The number of hydrogen-bond acceptors (Lipinski definition) is 6. The molecule has 0 radical (unpaired) electrons. The highest BCUT2D eigenvalue weighted by Gasteiger charge is 2.11. The monoisotopic (exact) mass is 368 g/mol. The molecule has 0 spiro atoms. The van der Waals surface area contributed by atoms with E-state index >= 15 is 0 Å². The smallest absolute Gasteiger partial charge is 0.252 e. The van der Waals surface area contributed by atoms with Crippen molar-refractivity contribution in [2.24, 2.45) is 0 Å². The van der Waals surface area contributed by atoms with Crippen LogP contribution in [0.4, 0.5) is 5.13 Å². The van der Waals surface area contributed by atoms with Crippen LogP contribution in [-0.2, 0) is 16.0 Å². The van der Waals surface area contributed by atoms with Crippen molar-refractivity contribution in [3.63, 3.8) is 0 Å². The third-order valence-corrected chi connectivity index (χ3v) is 4.12. The van der Waals surface area contributed by atoms with Crippen LogP contribution in [0.2, 0.25) is 5.02 Å². The average molecular weight is 369 g/mol. The molecule has 24 heavy (non-hydrogen) atoms. The molecule has 2 rings (SSSR count). The van der Waals surface area contributed by atoms with Gasteiger partial charge in [-0.15, -0.1) is 10.2 Å². The number of nitrogens with one attached hydrogen (secondary N) is 2. The Morgan fingerprint density at radius 1 is 1.29 bits per heavy atom. The van der Waals surface area contributed by atoms with E-state index in [1.54, 1.807) is 24.3 Å². The normalized spacial score (nSPS) is 10.4. The molecule has 2 aromatic rings. The van der Waals surface area contributed by atoms with Gasteiger partial charge in [0.1, 0.15) is 11.6 Å². The van der Waals surface area contributed by atoms with Crippen LogP contribution in [0, 0.1) is 0 Å². The Balaban J connectivity index is 1.78. The molecule has 0 saturated carbocycles. The Bertz CT molecular complexity index is 708. The number of halogens is 1. The molecule has 0 aliphatic carbocycles. The first-order chi connectivity index (χ1) is 11.6. The predicted octanol–water partition coefficient (Wildman–Crippen LogP) is 2.14. The first-order valence-electron chi connectivity index (χ1n) is 7.33. The zero-order valence-corrected chi connectivity index (χ0v) is 14.6. The molecule has 7 nitrogen and oxygen atoms in total. The van der Waals surface area contributed by atoms with E-state index in [0.717, 1.165) is 0 Å². The molecule has 2 amide bonds. The third-order valence-electron chi connectivity index (χ3n) is 2.89. The summed E-state index contributed by atoms with van der Waals surface area (Å²) in [4.78, 5) is 23.5. The number of amides is 2. The summed E-state index contributed by atoms with van der Waals surface area (Å²) in [5.41, 5.74) is 0.431. The van der Waals surface area contributed by atoms with E-state index in [-0.39, 0.29) is 18.4 Å². The quantitative estimate of drug-likeness (QED) is 0.744. The van der Waals surface area contributed by atoms with Gasteiger partial charge in [0.05, 0.1) is 10.6 Å².